The lowest BCUT2D eigenvalue weighted by atomic mass is 9.74. The molecule has 0 nitrogen and oxygen atoms in total. The van der Waals surface area contributed by atoms with E-state index < -0.39 is 0 Å². The van der Waals surface area contributed by atoms with Gasteiger partial charge in [0.1, 0.15) is 0 Å². The SMILES string of the molecule is CCCC(C)CC(CCC)C1CCCCC1. The summed E-state index contributed by atoms with van der Waals surface area (Å²) in [7, 11) is 0. The molecule has 1 aliphatic rings. The largest absolute Gasteiger partial charge is 0.0654 e. The van der Waals surface area contributed by atoms with E-state index in [0.29, 0.717) is 0 Å². The number of hydrogen-bond donors (Lipinski definition) is 0. The lowest BCUT2D eigenvalue weighted by Gasteiger charge is -2.32. The van der Waals surface area contributed by atoms with Gasteiger partial charge < -0.3 is 0 Å². The van der Waals surface area contributed by atoms with Crippen LogP contribution in [0.5, 0.6) is 0 Å². The third-order valence-corrected chi connectivity index (χ3v) is 4.46. The molecule has 0 saturated heterocycles. The molecular formula is C16H32. The first-order valence-corrected chi connectivity index (χ1v) is 7.77. The van der Waals surface area contributed by atoms with Gasteiger partial charge in [-0.3, -0.25) is 0 Å². The van der Waals surface area contributed by atoms with Crippen LogP contribution in [-0.2, 0) is 0 Å². The highest BCUT2D eigenvalue weighted by Crippen LogP contribution is 2.36. The van der Waals surface area contributed by atoms with Crippen LogP contribution in [0.1, 0.15) is 85.0 Å². The Balaban J connectivity index is 2.38. The van der Waals surface area contributed by atoms with Crippen LogP contribution in [0.15, 0.2) is 0 Å². The molecule has 0 aromatic rings. The van der Waals surface area contributed by atoms with Crippen molar-refractivity contribution in [3.63, 3.8) is 0 Å². The van der Waals surface area contributed by atoms with Crippen molar-refractivity contribution in [3.8, 4) is 0 Å². The summed E-state index contributed by atoms with van der Waals surface area (Å²) in [5, 5.41) is 0. The van der Waals surface area contributed by atoms with E-state index in [1.807, 2.05) is 0 Å². The van der Waals surface area contributed by atoms with E-state index in [1.54, 1.807) is 0 Å². The van der Waals surface area contributed by atoms with Crippen molar-refractivity contribution >= 4 is 0 Å². The molecule has 2 unspecified atom stereocenters. The summed E-state index contributed by atoms with van der Waals surface area (Å²) in [6.07, 6.45) is 14.8. The van der Waals surface area contributed by atoms with Gasteiger partial charge in [-0.2, -0.15) is 0 Å². The Kier molecular flexibility index (Phi) is 7.16. The molecule has 96 valence electrons. The van der Waals surface area contributed by atoms with E-state index in [1.165, 1.54) is 64.2 Å². The Morgan fingerprint density at radius 2 is 1.56 bits per heavy atom. The zero-order valence-corrected chi connectivity index (χ0v) is 11.8. The average Bonchev–Trinajstić information content (AvgIpc) is 2.30. The fourth-order valence-corrected chi connectivity index (χ4v) is 3.65. The van der Waals surface area contributed by atoms with Gasteiger partial charge in [0.2, 0.25) is 0 Å². The van der Waals surface area contributed by atoms with Gasteiger partial charge in [0.05, 0.1) is 0 Å². The summed E-state index contributed by atoms with van der Waals surface area (Å²) in [5.74, 6) is 3.09. The molecule has 0 aliphatic heterocycles. The zero-order valence-electron chi connectivity index (χ0n) is 11.8. The fraction of sp³-hybridized carbons (Fsp3) is 1.00. The Hall–Kier alpha value is 0. The molecule has 0 radical (unpaired) electrons. The molecule has 2 atom stereocenters. The van der Waals surface area contributed by atoms with Crippen LogP contribution in [0.25, 0.3) is 0 Å². The van der Waals surface area contributed by atoms with Gasteiger partial charge in [-0.05, 0) is 24.2 Å². The van der Waals surface area contributed by atoms with Crippen LogP contribution in [0.4, 0.5) is 0 Å². The third-order valence-electron chi connectivity index (χ3n) is 4.46. The maximum atomic E-state index is 2.47. The second kappa shape index (κ2) is 8.14. The first-order chi connectivity index (χ1) is 7.77. The van der Waals surface area contributed by atoms with Crippen molar-refractivity contribution < 1.29 is 0 Å². The average molecular weight is 224 g/mol. The molecular weight excluding hydrogens is 192 g/mol. The first kappa shape index (κ1) is 14.1. The number of hydrogen-bond acceptors (Lipinski definition) is 0. The van der Waals surface area contributed by atoms with Gasteiger partial charge in [0, 0.05) is 0 Å². The van der Waals surface area contributed by atoms with Gasteiger partial charge in [0.25, 0.3) is 0 Å². The molecule has 0 heterocycles. The lowest BCUT2D eigenvalue weighted by molar-refractivity contribution is 0.198. The van der Waals surface area contributed by atoms with E-state index in [4.69, 9.17) is 0 Å². The maximum absolute atomic E-state index is 2.47. The number of rotatable bonds is 7. The summed E-state index contributed by atoms with van der Waals surface area (Å²) in [4.78, 5) is 0. The van der Waals surface area contributed by atoms with Crippen LogP contribution in [0.2, 0.25) is 0 Å². The van der Waals surface area contributed by atoms with Crippen LogP contribution >= 0.6 is 0 Å². The van der Waals surface area contributed by atoms with Crippen LogP contribution in [0, 0.1) is 17.8 Å². The van der Waals surface area contributed by atoms with Crippen LogP contribution < -0.4 is 0 Å². The Morgan fingerprint density at radius 3 is 2.12 bits per heavy atom. The van der Waals surface area contributed by atoms with Crippen molar-refractivity contribution in [2.24, 2.45) is 17.8 Å². The predicted molar refractivity (Wildman–Crippen MR) is 73.7 cm³/mol. The maximum Gasteiger partial charge on any atom is -0.0383 e. The van der Waals surface area contributed by atoms with Gasteiger partial charge in [-0.1, -0.05) is 78.6 Å². The first-order valence-electron chi connectivity index (χ1n) is 7.77. The molecule has 1 aliphatic carbocycles. The fourth-order valence-electron chi connectivity index (χ4n) is 3.65. The molecule has 0 spiro atoms. The molecule has 1 rings (SSSR count). The highest BCUT2D eigenvalue weighted by atomic mass is 14.3. The molecule has 0 bridgehead atoms. The third kappa shape index (κ3) is 4.89. The van der Waals surface area contributed by atoms with Gasteiger partial charge in [-0.25, -0.2) is 0 Å². The second-order valence-electron chi connectivity index (χ2n) is 6.08. The zero-order chi connectivity index (χ0) is 11.8. The molecule has 0 aromatic heterocycles. The summed E-state index contributed by atoms with van der Waals surface area (Å²) in [6, 6.07) is 0. The Morgan fingerprint density at radius 1 is 0.938 bits per heavy atom. The molecule has 0 N–H and O–H groups in total. The lowest BCUT2D eigenvalue weighted by Crippen LogP contribution is -2.20. The quantitative estimate of drug-likeness (QED) is 0.512. The molecule has 0 amide bonds. The molecule has 0 aromatic carbocycles. The Bertz CT molecular complexity index is 155. The second-order valence-corrected chi connectivity index (χ2v) is 6.08. The van der Waals surface area contributed by atoms with Crippen LogP contribution in [-0.4, -0.2) is 0 Å². The molecule has 0 heteroatoms. The van der Waals surface area contributed by atoms with E-state index in [2.05, 4.69) is 20.8 Å². The summed E-state index contributed by atoms with van der Waals surface area (Å²) in [5.41, 5.74) is 0. The van der Waals surface area contributed by atoms with Crippen LogP contribution in [0.3, 0.4) is 0 Å². The van der Waals surface area contributed by atoms with Gasteiger partial charge in [-0.15, -0.1) is 0 Å². The van der Waals surface area contributed by atoms with Crippen molar-refractivity contribution in [2.45, 2.75) is 85.0 Å². The minimum atomic E-state index is 0.962. The van der Waals surface area contributed by atoms with Gasteiger partial charge in [0.15, 0.2) is 0 Å². The summed E-state index contributed by atoms with van der Waals surface area (Å²) >= 11 is 0. The van der Waals surface area contributed by atoms with E-state index >= 15 is 0 Å². The van der Waals surface area contributed by atoms with Crippen molar-refractivity contribution in [3.05, 3.63) is 0 Å². The van der Waals surface area contributed by atoms with E-state index in [0.717, 1.165) is 17.8 Å². The predicted octanol–water partition coefficient (Wildman–Crippen LogP) is 5.81. The van der Waals surface area contributed by atoms with Gasteiger partial charge >= 0.3 is 0 Å². The molecule has 16 heavy (non-hydrogen) atoms. The normalized spacial score (nSPS) is 21.9. The standard InChI is InChI=1S/C16H32/c1-4-9-14(3)13-16(10-5-2)15-11-7-6-8-12-15/h14-16H,4-13H2,1-3H3. The molecule has 1 fully saturated rings. The van der Waals surface area contributed by atoms with Crippen molar-refractivity contribution in [1.29, 1.82) is 0 Å². The molecule has 1 saturated carbocycles. The summed E-state index contributed by atoms with van der Waals surface area (Å²) in [6.45, 7) is 7.15. The van der Waals surface area contributed by atoms with Crippen molar-refractivity contribution in [2.75, 3.05) is 0 Å². The minimum absolute atomic E-state index is 0.962. The highest BCUT2D eigenvalue weighted by Gasteiger charge is 2.24. The highest BCUT2D eigenvalue weighted by molar-refractivity contribution is 4.75. The van der Waals surface area contributed by atoms with E-state index in [-0.39, 0.29) is 0 Å². The minimum Gasteiger partial charge on any atom is -0.0654 e. The topological polar surface area (TPSA) is 0 Å². The van der Waals surface area contributed by atoms with Crippen molar-refractivity contribution in [1.82, 2.24) is 0 Å². The monoisotopic (exact) mass is 224 g/mol. The smallest absolute Gasteiger partial charge is 0.0383 e. The van der Waals surface area contributed by atoms with E-state index in [9.17, 15) is 0 Å². The summed E-state index contributed by atoms with van der Waals surface area (Å²) < 4.78 is 0. The Labute approximate surface area is 103 Å².